The molecule has 2 N–H and O–H groups in total. The highest BCUT2D eigenvalue weighted by molar-refractivity contribution is 5.81. The lowest BCUT2D eigenvalue weighted by Gasteiger charge is -2.25. The van der Waals surface area contributed by atoms with Crippen LogP contribution in [-0.2, 0) is 11.3 Å². The first-order valence-electron chi connectivity index (χ1n) is 7.52. The first kappa shape index (κ1) is 17.5. The number of rotatable bonds is 6. The number of amides is 1. The summed E-state index contributed by atoms with van der Waals surface area (Å²) in [6.45, 7) is 11.5. The number of hydrogen-bond acceptors (Lipinski definition) is 3. The molecule has 0 saturated heterocycles. The standard InChI is InChI=1S/C17H29N3O/c1-13(2)19-16(21)12-20(6)15-10-8-7-9-14(15)11-18-17(3,4)5/h7-10,13,18H,11-12H2,1-6H3,(H,19,21). The van der Waals surface area contributed by atoms with Crippen molar-refractivity contribution < 1.29 is 4.79 Å². The predicted molar refractivity (Wildman–Crippen MR) is 89.6 cm³/mol. The van der Waals surface area contributed by atoms with Gasteiger partial charge in [-0.2, -0.15) is 0 Å². The Kier molecular flexibility index (Phi) is 6.21. The molecule has 0 bridgehead atoms. The van der Waals surface area contributed by atoms with Gasteiger partial charge in [0.25, 0.3) is 0 Å². The van der Waals surface area contributed by atoms with Gasteiger partial charge in [0.05, 0.1) is 6.54 Å². The minimum Gasteiger partial charge on any atom is -0.365 e. The second kappa shape index (κ2) is 7.46. The molecule has 0 spiro atoms. The summed E-state index contributed by atoms with van der Waals surface area (Å²) in [5.74, 6) is 0.0473. The Labute approximate surface area is 128 Å². The van der Waals surface area contributed by atoms with Crippen LogP contribution < -0.4 is 15.5 Å². The summed E-state index contributed by atoms with van der Waals surface area (Å²) in [7, 11) is 1.95. The van der Waals surface area contributed by atoms with Gasteiger partial charge >= 0.3 is 0 Å². The van der Waals surface area contributed by atoms with Crippen LogP contribution in [0.25, 0.3) is 0 Å². The Morgan fingerprint density at radius 3 is 2.43 bits per heavy atom. The summed E-state index contributed by atoms with van der Waals surface area (Å²) in [5.41, 5.74) is 2.36. The van der Waals surface area contributed by atoms with Crippen molar-refractivity contribution in [2.45, 2.75) is 52.7 Å². The summed E-state index contributed by atoms with van der Waals surface area (Å²) in [5, 5.41) is 6.41. The average molecular weight is 291 g/mol. The molecule has 0 aliphatic carbocycles. The molecule has 118 valence electrons. The van der Waals surface area contributed by atoms with Gasteiger partial charge < -0.3 is 15.5 Å². The molecule has 0 saturated carbocycles. The Morgan fingerprint density at radius 1 is 1.24 bits per heavy atom. The van der Waals surface area contributed by atoms with Gasteiger partial charge in [0.1, 0.15) is 0 Å². The Morgan fingerprint density at radius 2 is 1.86 bits per heavy atom. The molecule has 0 aliphatic rings. The van der Waals surface area contributed by atoms with Gasteiger partial charge in [-0.3, -0.25) is 4.79 Å². The number of nitrogens with zero attached hydrogens (tertiary/aromatic N) is 1. The molecule has 4 heteroatoms. The highest BCUT2D eigenvalue weighted by Crippen LogP contribution is 2.19. The van der Waals surface area contributed by atoms with Gasteiger partial charge in [-0.1, -0.05) is 18.2 Å². The van der Waals surface area contributed by atoms with E-state index in [1.807, 2.05) is 37.9 Å². The molecule has 1 amide bonds. The summed E-state index contributed by atoms with van der Waals surface area (Å²) in [6, 6.07) is 8.37. The van der Waals surface area contributed by atoms with Crippen LogP contribution in [0.15, 0.2) is 24.3 Å². The zero-order valence-corrected chi connectivity index (χ0v) is 14.2. The van der Waals surface area contributed by atoms with Gasteiger partial charge in [0, 0.05) is 30.9 Å². The van der Waals surface area contributed by atoms with Crippen LogP contribution in [-0.4, -0.2) is 31.1 Å². The minimum absolute atomic E-state index is 0.0473. The lowest BCUT2D eigenvalue weighted by molar-refractivity contribution is -0.120. The van der Waals surface area contributed by atoms with Crippen molar-refractivity contribution in [3.05, 3.63) is 29.8 Å². The molecular weight excluding hydrogens is 262 g/mol. The number of carbonyl (C=O) groups excluding carboxylic acids is 1. The van der Waals surface area contributed by atoms with Crippen molar-refractivity contribution >= 4 is 11.6 Å². The number of benzene rings is 1. The number of carbonyl (C=O) groups is 1. The largest absolute Gasteiger partial charge is 0.365 e. The van der Waals surface area contributed by atoms with Crippen LogP contribution in [0, 0.1) is 0 Å². The quantitative estimate of drug-likeness (QED) is 0.846. The van der Waals surface area contributed by atoms with E-state index in [2.05, 4.69) is 43.5 Å². The molecule has 0 aromatic heterocycles. The zero-order valence-electron chi connectivity index (χ0n) is 14.2. The maximum Gasteiger partial charge on any atom is 0.239 e. The van der Waals surface area contributed by atoms with Gasteiger partial charge in [-0.05, 0) is 46.2 Å². The molecule has 1 aromatic carbocycles. The van der Waals surface area contributed by atoms with E-state index >= 15 is 0 Å². The smallest absolute Gasteiger partial charge is 0.239 e. The molecule has 1 aromatic rings. The molecule has 0 radical (unpaired) electrons. The fraction of sp³-hybridized carbons (Fsp3) is 0.588. The maximum atomic E-state index is 11.9. The van der Waals surface area contributed by atoms with Crippen LogP contribution in [0.4, 0.5) is 5.69 Å². The van der Waals surface area contributed by atoms with Crippen molar-refractivity contribution in [3.63, 3.8) is 0 Å². The van der Waals surface area contributed by atoms with Gasteiger partial charge in [0.2, 0.25) is 5.91 Å². The van der Waals surface area contributed by atoms with Crippen LogP contribution in [0.1, 0.15) is 40.2 Å². The van der Waals surface area contributed by atoms with Crippen molar-refractivity contribution in [1.82, 2.24) is 10.6 Å². The van der Waals surface area contributed by atoms with E-state index in [4.69, 9.17) is 0 Å². The van der Waals surface area contributed by atoms with Crippen molar-refractivity contribution in [2.75, 3.05) is 18.5 Å². The van der Waals surface area contributed by atoms with E-state index in [0.717, 1.165) is 12.2 Å². The molecule has 4 nitrogen and oxygen atoms in total. The highest BCUT2D eigenvalue weighted by Gasteiger charge is 2.14. The number of nitrogens with one attached hydrogen (secondary N) is 2. The third kappa shape index (κ3) is 6.63. The van der Waals surface area contributed by atoms with Crippen LogP contribution in [0.5, 0.6) is 0 Å². The molecule has 0 atom stereocenters. The molecular formula is C17H29N3O. The van der Waals surface area contributed by atoms with E-state index in [9.17, 15) is 4.79 Å². The molecule has 21 heavy (non-hydrogen) atoms. The van der Waals surface area contributed by atoms with E-state index < -0.39 is 0 Å². The number of para-hydroxylation sites is 1. The normalized spacial score (nSPS) is 11.6. The minimum atomic E-state index is 0.0473. The number of anilines is 1. The lowest BCUT2D eigenvalue weighted by Crippen LogP contribution is -2.39. The van der Waals surface area contributed by atoms with Crippen molar-refractivity contribution in [1.29, 1.82) is 0 Å². The second-order valence-corrected chi connectivity index (χ2v) is 6.81. The number of likely N-dealkylation sites (N-methyl/N-ethyl adjacent to an activating group) is 1. The third-order valence-corrected chi connectivity index (χ3v) is 3.04. The topological polar surface area (TPSA) is 44.4 Å². The zero-order chi connectivity index (χ0) is 16.0. The fourth-order valence-electron chi connectivity index (χ4n) is 2.06. The first-order valence-corrected chi connectivity index (χ1v) is 7.52. The Balaban J connectivity index is 2.75. The summed E-state index contributed by atoms with van der Waals surface area (Å²) < 4.78 is 0. The molecule has 1 rings (SSSR count). The summed E-state index contributed by atoms with van der Waals surface area (Å²) >= 11 is 0. The van der Waals surface area contributed by atoms with Crippen molar-refractivity contribution in [2.24, 2.45) is 0 Å². The Bertz CT molecular complexity index is 463. The first-order chi connectivity index (χ1) is 9.69. The van der Waals surface area contributed by atoms with Crippen LogP contribution >= 0.6 is 0 Å². The Hall–Kier alpha value is -1.55. The molecule has 0 aliphatic heterocycles. The van der Waals surface area contributed by atoms with E-state index in [0.29, 0.717) is 6.54 Å². The summed E-state index contributed by atoms with van der Waals surface area (Å²) in [6.07, 6.45) is 0. The monoisotopic (exact) mass is 291 g/mol. The highest BCUT2D eigenvalue weighted by atomic mass is 16.2. The molecule has 0 heterocycles. The van der Waals surface area contributed by atoms with Gasteiger partial charge in [-0.15, -0.1) is 0 Å². The van der Waals surface area contributed by atoms with Gasteiger partial charge in [0.15, 0.2) is 0 Å². The van der Waals surface area contributed by atoms with Crippen LogP contribution in [0.2, 0.25) is 0 Å². The fourth-order valence-corrected chi connectivity index (χ4v) is 2.06. The molecule has 0 unspecified atom stereocenters. The maximum absolute atomic E-state index is 11.9. The number of hydrogen-bond donors (Lipinski definition) is 2. The third-order valence-electron chi connectivity index (χ3n) is 3.04. The van der Waals surface area contributed by atoms with E-state index in [1.165, 1.54) is 5.56 Å². The predicted octanol–water partition coefficient (Wildman–Crippen LogP) is 2.54. The van der Waals surface area contributed by atoms with Crippen LogP contribution in [0.3, 0.4) is 0 Å². The second-order valence-electron chi connectivity index (χ2n) is 6.81. The van der Waals surface area contributed by atoms with E-state index in [1.54, 1.807) is 0 Å². The van der Waals surface area contributed by atoms with E-state index in [-0.39, 0.29) is 17.5 Å². The lowest BCUT2D eigenvalue weighted by atomic mass is 10.1. The SMILES string of the molecule is CC(C)NC(=O)CN(C)c1ccccc1CNC(C)(C)C. The van der Waals surface area contributed by atoms with Gasteiger partial charge in [-0.25, -0.2) is 0 Å². The molecule has 0 fully saturated rings. The van der Waals surface area contributed by atoms with Crippen molar-refractivity contribution in [3.8, 4) is 0 Å². The average Bonchev–Trinajstić information content (AvgIpc) is 2.34. The summed E-state index contributed by atoms with van der Waals surface area (Å²) in [4.78, 5) is 13.9.